The molecule has 2 saturated carbocycles. The molecule has 5 nitrogen and oxygen atoms in total. The smallest absolute Gasteiger partial charge is 0.234 e. The van der Waals surface area contributed by atoms with E-state index in [-0.39, 0.29) is 5.91 Å². The Morgan fingerprint density at radius 3 is 2.59 bits per heavy atom. The summed E-state index contributed by atoms with van der Waals surface area (Å²) in [5, 5.41) is 3.07. The predicted octanol–water partition coefficient (Wildman–Crippen LogP) is 1.95. The van der Waals surface area contributed by atoms with Gasteiger partial charge in [-0.1, -0.05) is 0 Å². The number of amides is 1. The van der Waals surface area contributed by atoms with Crippen LogP contribution in [0.4, 0.5) is 0 Å². The lowest BCUT2D eigenvalue weighted by molar-refractivity contribution is -0.122. The maximum absolute atomic E-state index is 12.1. The van der Waals surface area contributed by atoms with Crippen molar-refractivity contribution in [2.24, 2.45) is 0 Å². The lowest BCUT2D eigenvalue weighted by atomic mass is 10.1. The van der Waals surface area contributed by atoms with Crippen LogP contribution in [0.3, 0.4) is 0 Å². The monoisotopic (exact) mass is 304 g/mol. The molecule has 22 heavy (non-hydrogen) atoms. The zero-order valence-corrected chi connectivity index (χ0v) is 13.3. The highest BCUT2D eigenvalue weighted by Gasteiger charge is 2.32. The molecule has 2 aliphatic rings. The van der Waals surface area contributed by atoms with Gasteiger partial charge in [-0.25, -0.2) is 0 Å². The van der Waals surface area contributed by atoms with E-state index in [2.05, 4.69) is 10.2 Å². The standard InChI is InChI=1S/C17H24N2O3/c1-21-15-7-8-16(22-2)12(9-15)10-19(14-5-6-14)11-17(20)18-13-3-4-13/h7-9,13-14H,3-6,10-11H2,1-2H3,(H,18,20). The minimum absolute atomic E-state index is 0.135. The van der Waals surface area contributed by atoms with Crippen molar-refractivity contribution in [2.45, 2.75) is 44.3 Å². The third-order valence-electron chi connectivity index (χ3n) is 4.21. The highest BCUT2D eigenvalue weighted by Crippen LogP contribution is 2.31. The van der Waals surface area contributed by atoms with Crippen LogP contribution >= 0.6 is 0 Å². The summed E-state index contributed by atoms with van der Waals surface area (Å²) in [6.07, 6.45) is 4.59. The fraction of sp³-hybridized carbons (Fsp3) is 0.588. The summed E-state index contributed by atoms with van der Waals surface area (Å²) >= 11 is 0. The van der Waals surface area contributed by atoms with Gasteiger partial charge < -0.3 is 14.8 Å². The van der Waals surface area contributed by atoms with Crippen LogP contribution in [0.5, 0.6) is 11.5 Å². The van der Waals surface area contributed by atoms with Crippen molar-refractivity contribution in [3.8, 4) is 11.5 Å². The first-order valence-corrected chi connectivity index (χ1v) is 7.94. The van der Waals surface area contributed by atoms with Gasteiger partial charge in [0, 0.05) is 24.2 Å². The second kappa shape index (κ2) is 6.57. The molecule has 0 radical (unpaired) electrons. The minimum atomic E-state index is 0.135. The van der Waals surface area contributed by atoms with Crippen molar-refractivity contribution in [3.63, 3.8) is 0 Å². The Bertz CT molecular complexity index is 539. The number of benzene rings is 1. The van der Waals surface area contributed by atoms with E-state index in [1.165, 1.54) is 12.8 Å². The molecular formula is C17H24N2O3. The molecule has 2 aliphatic carbocycles. The van der Waals surface area contributed by atoms with Crippen molar-refractivity contribution in [1.82, 2.24) is 10.2 Å². The van der Waals surface area contributed by atoms with Gasteiger partial charge in [0.2, 0.25) is 5.91 Å². The number of hydrogen-bond donors (Lipinski definition) is 1. The average Bonchev–Trinajstić information content (AvgIpc) is 3.39. The van der Waals surface area contributed by atoms with Crippen LogP contribution < -0.4 is 14.8 Å². The van der Waals surface area contributed by atoms with Gasteiger partial charge in [0.15, 0.2) is 0 Å². The van der Waals surface area contributed by atoms with Gasteiger partial charge >= 0.3 is 0 Å². The molecule has 0 heterocycles. The van der Waals surface area contributed by atoms with Crippen LogP contribution in [-0.4, -0.2) is 43.7 Å². The van der Waals surface area contributed by atoms with Crippen molar-refractivity contribution in [3.05, 3.63) is 23.8 Å². The van der Waals surface area contributed by atoms with Crippen LogP contribution in [0.15, 0.2) is 18.2 Å². The summed E-state index contributed by atoms with van der Waals surface area (Å²) in [6, 6.07) is 6.74. The molecule has 1 aromatic carbocycles. The highest BCUT2D eigenvalue weighted by atomic mass is 16.5. The van der Waals surface area contributed by atoms with E-state index in [9.17, 15) is 4.79 Å². The van der Waals surface area contributed by atoms with E-state index in [4.69, 9.17) is 9.47 Å². The number of carbonyl (C=O) groups is 1. The molecule has 5 heteroatoms. The largest absolute Gasteiger partial charge is 0.497 e. The summed E-state index contributed by atoms with van der Waals surface area (Å²) < 4.78 is 10.7. The summed E-state index contributed by atoms with van der Waals surface area (Å²) in [7, 11) is 3.33. The number of ether oxygens (including phenoxy) is 2. The molecule has 0 aromatic heterocycles. The molecule has 0 saturated heterocycles. The fourth-order valence-electron chi connectivity index (χ4n) is 2.66. The van der Waals surface area contributed by atoms with Gasteiger partial charge in [-0.3, -0.25) is 9.69 Å². The highest BCUT2D eigenvalue weighted by molar-refractivity contribution is 5.78. The van der Waals surface area contributed by atoms with Crippen LogP contribution in [0, 0.1) is 0 Å². The van der Waals surface area contributed by atoms with Gasteiger partial charge in [-0.2, -0.15) is 0 Å². The maximum atomic E-state index is 12.1. The van der Waals surface area contributed by atoms with Gasteiger partial charge in [-0.05, 0) is 43.9 Å². The Morgan fingerprint density at radius 1 is 1.23 bits per heavy atom. The van der Waals surface area contributed by atoms with Crippen molar-refractivity contribution in [1.29, 1.82) is 0 Å². The third-order valence-corrected chi connectivity index (χ3v) is 4.21. The normalized spacial score (nSPS) is 17.4. The Morgan fingerprint density at radius 2 is 2.00 bits per heavy atom. The van der Waals surface area contributed by atoms with E-state index >= 15 is 0 Å². The minimum Gasteiger partial charge on any atom is -0.497 e. The van der Waals surface area contributed by atoms with Crippen molar-refractivity contribution >= 4 is 5.91 Å². The van der Waals surface area contributed by atoms with E-state index in [1.54, 1.807) is 14.2 Å². The van der Waals surface area contributed by atoms with Gasteiger partial charge in [0.05, 0.1) is 20.8 Å². The number of nitrogens with one attached hydrogen (secondary N) is 1. The third kappa shape index (κ3) is 3.91. The van der Waals surface area contributed by atoms with Crippen molar-refractivity contribution in [2.75, 3.05) is 20.8 Å². The van der Waals surface area contributed by atoms with Crippen LogP contribution in [0.1, 0.15) is 31.2 Å². The zero-order chi connectivity index (χ0) is 15.5. The van der Waals surface area contributed by atoms with Gasteiger partial charge in [0.1, 0.15) is 11.5 Å². The van der Waals surface area contributed by atoms with Crippen molar-refractivity contribution < 1.29 is 14.3 Å². The van der Waals surface area contributed by atoms with Gasteiger partial charge in [-0.15, -0.1) is 0 Å². The quantitative estimate of drug-likeness (QED) is 0.797. The number of nitrogens with zero attached hydrogens (tertiary/aromatic N) is 1. The zero-order valence-electron chi connectivity index (χ0n) is 13.3. The molecular weight excluding hydrogens is 280 g/mol. The lowest BCUT2D eigenvalue weighted by Gasteiger charge is -2.23. The lowest BCUT2D eigenvalue weighted by Crippen LogP contribution is -2.39. The van der Waals surface area contributed by atoms with E-state index in [0.717, 1.165) is 29.9 Å². The molecule has 0 bridgehead atoms. The second-order valence-corrected chi connectivity index (χ2v) is 6.16. The maximum Gasteiger partial charge on any atom is 0.234 e. The molecule has 3 rings (SSSR count). The Labute approximate surface area is 131 Å². The molecule has 0 spiro atoms. The molecule has 0 unspecified atom stereocenters. The van der Waals surface area contributed by atoms with E-state index in [1.807, 2.05) is 18.2 Å². The molecule has 0 atom stereocenters. The Kier molecular flexibility index (Phi) is 4.52. The molecule has 1 aromatic rings. The summed E-state index contributed by atoms with van der Waals surface area (Å²) in [4.78, 5) is 14.3. The average molecular weight is 304 g/mol. The van der Waals surface area contributed by atoms with Crippen LogP contribution in [0.2, 0.25) is 0 Å². The summed E-state index contributed by atoms with van der Waals surface area (Å²) in [5.74, 6) is 1.79. The first kappa shape index (κ1) is 15.2. The first-order valence-electron chi connectivity index (χ1n) is 7.94. The fourth-order valence-corrected chi connectivity index (χ4v) is 2.66. The molecule has 1 N–H and O–H groups in total. The number of rotatable bonds is 8. The van der Waals surface area contributed by atoms with Crippen LogP contribution in [-0.2, 0) is 11.3 Å². The van der Waals surface area contributed by atoms with E-state index in [0.29, 0.717) is 25.2 Å². The summed E-state index contributed by atoms with van der Waals surface area (Å²) in [5.41, 5.74) is 1.06. The molecule has 0 aliphatic heterocycles. The molecule has 120 valence electrons. The Balaban J connectivity index is 1.68. The van der Waals surface area contributed by atoms with Crippen LogP contribution in [0.25, 0.3) is 0 Å². The number of methoxy groups -OCH3 is 2. The van der Waals surface area contributed by atoms with E-state index < -0.39 is 0 Å². The second-order valence-electron chi connectivity index (χ2n) is 6.16. The summed E-state index contributed by atoms with van der Waals surface area (Å²) in [6.45, 7) is 1.17. The number of hydrogen-bond acceptors (Lipinski definition) is 4. The topological polar surface area (TPSA) is 50.8 Å². The predicted molar refractivity (Wildman–Crippen MR) is 84.1 cm³/mol. The SMILES string of the molecule is COc1ccc(OC)c(CN(CC(=O)NC2CC2)C2CC2)c1. The Hall–Kier alpha value is -1.75. The first-order chi connectivity index (χ1) is 10.7. The molecule has 2 fully saturated rings. The van der Waals surface area contributed by atoms with Gasteiger partial charge in [0.25, 0.3) is 0 Å². The molecule has 1 amide bonds. The number of carbonyl (C=O) groups excluding carboxylic acids is 1.